The zero-order valence-corrected chi connectivity index (χ0v) is 11.6. The fourth-order valence-corrected chi connectivity index (χ4v) is 2.85. The van der Waals surface area contributed by atoms with Crippen LogP contribution in [0.25, 0.3) is 10.2 Å². The number of rotatable bonds is 3. The molecule has 0 aliphatic rings. The van der Waals surface area contributed by atoms with E-state index in [1.165, 1.54) is 17.4 Å². The summed E-state index contributed by atoms with van der Waals surface area (Å²) in [6, 6.07) is 10.4. The van der Waals surface area contributed by atoms with Crippen molar-refractivity contribution < 1.29 is 4.92 Å². The Hall–Kier alpha value is -2.18. The first-order valence-corrected chi connectivity index (χ1v) is 6.94. The third-order valence-electron chi connectivity index (χ3n) is 2.78. The van der Waals surface area contributed by atoms with E-state index in [1.807, 2.05) is 18.2 Å². The summed E-state index contributed by atoms with van der Waals surface area (Å²) >= 11 is 7.39. The van der Waals surface area contributed by atoms with Crippen molar-refractivity contribution in [1.82, 2.24) is 4.98 Å². The molecular weight excluding hydrogens is 298 g/mol. The van der Waals surface area contributed by atoms with Gasteiger partial charge in [-0.15, -0.1) is 11.3 Å². The lowest BCUT2D eigenvalue weighted by Gasteiger charge is -2.07. The first-order chi connectivity index (χ1) is 9.65. The van der Waals surface area contributed by atoms with E-state index in [-0.39, 0.29) is 10.7 Å². The van der Waals surface area contributed by atoms with Crippen LogP contribution < -0.4 is 5.32 Å². The Kier molecular flexibility index (Phi) is 3.25. The highest BCUT2D eigenvalue weighted by molar-refractivity contribution is 7.16. The Morgan fingerprint density at radius 3 is 2.95 bits per heavy atom. The monoisotopic (exact) mass is 305 g/mol. The van der Waals surface area contributed by atoms with Crippen LogP contribution >= 0.6 is 22.9 Å². The van der Waals surface area contributed by atoms with E-state index in [2.05, 4.69) is 10.3 Å². The van der Waals surface area contributed by atoms with Crippen LogP contribution in [0.4, 0.5) is 17.1 Å². The van der Waals surface area contributed by atoms with Gasteiger partial charge in [0.1, 0.15) is 10.7 Å². The summed E-state index contributed by atoms with van der Waals surface area (Å²) < 4.78 is 1.01. The third kappa shape index (κ3) is 2.31. The number of nitro benzene ring substituents is 1. The fraction of sp³-hybridized carbons (Fsp3) is 0. The maximum atomic E-state index is 11.1. The molecule has 0 unspecified atom stereocenters. The van der Waals surface area contributed by atoms with Gasteiger partial charge in [0.25, 0.3) is 0 Å². The van der Waals surface area contributed by atoms with E-state index in [4.69, 9.17) is 11.6 Å². The average molecular weight is 306 g/mol. The van der Waals surface area contributed by atoms with Gasteiger partial charge < -0.3 is 5.32 Å². The Balaban J connectivity index is 2.02. The molecule has 1 heterocycles. The summed E-state index contributed by atoms with van der Waals surface area (Å²) in [6.45, 7) is 0. The van der Waals surface area contributed by atoms with Crippen molar-refractivity contribution in [3.05, 3.63) is 57.0 Å². The van der Waals surface area contributed by atoms with Gasteiger partial charge in [-0.3, -0.25) is 10.1 Å². The van der Waals surface area contributed by atoms with Gasteiger partial charge in [0.15, 0.2) is 0 Å². The van der Waals surface area contributed by atoms with Crippen molar-refractivity contribution in [3.8, 4) is 0 Å². The van der Waals surface area contributed by atoms with E-state index >= 15 is 0 Å². The molecular formula is C13H8ClN3O2S. The minimum atomic E-state index is -0.490. The second kappa shape index (κ2) is 5.07. The average Bonchev–Trinajstić information content (AvgIpc) is 2.85. The highest BCUT2D eigenvalue weighted by atomic mass is 35.5. The molecule has 5 nitrogen and oxygen atoms in total. The number of halogens is 1. The van der Waals surface area contributed by atoms with Crippen molar-refractivity contribution in [2.75, 3.05) is 5.32 Å². The second-order valence-electron chi connectivity index (χ2n) is 4.05. The Morgan fingerprint density at radius 2 is 2.15 bits per heavy atom. The highest BCUT2D eigenvalue weighted by Crippen LogP contribution is 2.34. The van der Waals surface area contributed by atoms with E-state index < -0.39 is 4.92 Å². The smallest absolute Gasteiger partial charge is 0.311 e. The number of thiazole rings is 1. The molecule has 0 radical (unpaired) electrons. The standard InChI is InChI=1S/C13H8ClN3O2S/c14-9-2-1-3-11(13(9)17(18)19)16-8-4-5-10-12(6-8)20-7-15-10/h1-7,16H. The maximum absolute atomic E-state index is 11.1. The van der Waals surface area contributed by atoms with Crippen LogP contribution in [0.2, 0.25) is 5.02 Å². The van der Waals surface area contributed by atoms with Gasteiger partial charge >= 0.3 is 5.69 Å². The highest BCUT2D eigenvalue weighted by Gasteiger charge is 2.18. The summed E-state index contributed by atoms with van der Waals surface area (Å²) in [5, 5.41) is 14.2. The van der Waals surface area contributed by atoms with Crippen LogP contribution in [0.1, 0.15) is 0 Å². The molecule has 1 aromatic heterocycles. The number of anilines is 2. The van der Waals surface area contributed by atoms with E-state index in [0.717, 1.165) is 15.9 Å². The summed E-state index contributed by atoms with van der Waals surface area (Å²) in [7, 11) is 0. The van der Waals surface area contributed by atoms with Gasteiger partial charge in [0.2, 0.25) is 0 Å². The number of nitro groups is 1. The Labute approximate surface area is 123 Å². The largest absolute Gasteiger partial charge is 0.350 e. The molecule has 7 heteroatoms. The van der Waals surface area contributed by atoms with Gasteiger partial charge in [-0.25, -0.2) is 4.98 Å². The molecule has 3 aromatic rings. The Bertz CT molecular complexity index is 803. The van der Waals surface area contributed by atoms with Gasteiger partial charge in [0.05, 0.1) is 20.7 Å². The molecule has 0 fully saturated rings. The maximum Gasteiger partial charge on any atom is 0.311 e. The lowest BCUT2D eigenvalue weighted by Crippen LogP contribution is -1.97. The van der Waals surface area contributed by atoms with Crippen molar-refractivity contribution >= 4 is 50.2 Å². The molecule has 0 bridgehead atoms. The molecule has 0 aliphatic carbocycles. The van der Waals surface area contributed by atoms with Crippen molar-refractivity contribution in [2.45, 2.75) is 0 Å². The molecule has 0 atom stereocenters. The van der Waals surface area contributed by atoms with E-state index in [1.54, 1.807) is 17.6 Å². The quantitative estimate of drug-likeness (QED) is 0.567. The molecule has 0 spiro atoms. The lowest BCUT2D eigenvalue weighted by molar-refractivity contribution is -0.383. The van der Waals surface area contributed by atoms with Crippen LogP contribution in [-0.4, -0.2) is 9.91 Å². The normalized spacial score (nSPS) is 10.7. The molecule has 3 rings (SSSR count). The third-order valence-corrected chi connectivity index (χ3v) is 3.88. The number of hydrogen-bond acceptors (Lipinski definition) is 5. The summed E-state index contributed by atoms with van der Waals surface area (Å²) in [4.78, 5) is 14.8. The summed E-state index contributed by atoms with van der Waals surface area (Å²) in [5.74, 6) is 0. The number of aromatic nitrogens is 1. The molecule has 0 saturated carbocycles. The van der Waals surface area contributed by atoms with Crippen molar-refractivity contribution in [2.24, 2.45) is 0 Å². The van der Waals surface area contributed by atoms with E-state index in [9.17, 15) is 10.1 Å². The minimum absolute atomic E-state index is 0.110. The predicted octanol–water partition coefficient (Wildman–Crippen LogP) is 4.60. The van der Waals surface area contributed by atoms with Crippen LogP contribution in [0.15, 0.2) is 41.9 Å². The van der Waals surface area contributed by atoms with Gasteiger partial charge in [-0.1, -0.05) is 17.7 Å². The zero-order valence-electron chi connectivity index (χ0n) is 10.0. The molecule has 2 aromatic carbocycles. The van der Waals surface area contributed by atoms with Crippen molar-refractivity contribution in [1.29, 1.82) is 0 Å². The Morgan fingerprint density at radius 1 is 1.30 bits per heavy atom. The number of benzene rings is 2. The summed E-state index contributed by atoms with van der Waals surface area (Å²) in [6.07, 6.45) is 0. The topological polar surface area (TPSA) is 68.1 Å². The van der Waals surface area contributed by atoms with Gasteiger partial charge in [-0.2, -0.15) is 0 Å². The number of fused-ring (bicyclic) bond motifs is 1. The van der Waals surface area contributed by atoms with Gasteiger partial charge in [0, 0.05) is 5.69 Å². The second-order valence-corrected chi connectivity index (χ2v) is 5.35. The summed E-state index contributed by atoms with van der Waals surface area (Å²) in [5.41, 5.74) is 3.66. The zero-order chi connectivity index (χ0) is 14.1. The number of nitrogens with zero attached hydrogens (tertiary/aromatic N) is 2. The van der Waals surface area contributed by atoms with Crippen LogP contribution in [-0.2, 0) is 0 Å². The molecule has 20 heavy (non-hydrogen) atoms. The van der Waals surface area contributed by atoms with Crippen LogP contribution in [0, 0.1) is 10.1 Å². The predicted molar refractivity (Wildman–Crippen MR) is 81.0 cm³/mol. The molecule has 100 valence electrons. The number of hydrogen-bond donors (Lipinski definition) is 1. The number of para-hydroxylation sites is 1. The van der Waals surface area contributed by atoms with Gasteiger partial charge in [-0.05, 0) is 30.3 Å². The van der Waals surface area contributed by atoms with Crippen LogP contribution in [0.5, 0.6) is 0 Å². The van der Waals surface area contributed by atoms with Crippen LogP contribution in [0.3, 0.4) is 0 Å². The first-order valence-electron chi connectivity index (χ1n) is 5.68. The lowest BCUT2D eigenvalue weighted by atomic mass is 10.2. The van der Waals surface area contributed by atoms with Crippen molar-refractivity contribution in [3.63, 3.8) is 0 Å². The molecule has 0 saturated heterocycles. The minimum Gasteiger partial charge on any atom is -0.350 e. The molecule has 0 aliphatic heterocycles. The molecule has 0 amide bonds. The molecule has 1 N–H and O–H groups in total. The fourth-order valence-electron chi connectivity index (χ4n) is 1.89. The van der Waals surface area contributed by atoms with E-state index in [0.29, 0.717) is 5.69 Å². The first kappa shape index (κ1) is 12.8. The SMILES string of the molecule is O=[N+]([O-])c1c(Cl)cccc1Nc1ccc2ncsc2c1. The number of nitrogens with one attached hydrogen (secondary N) is 1.